The molecule has 0 aliphatic carbocycles. The van der Waals surface area contributed by atoms with Crippen LogP contribution in [-0.4, -0.2) is 18.9 Å². The Morgan fingerprint density at radius 1 is 1.14 bits per heavy atom. The molecule has 0 radical (unpaired) electrons. The van der Waals surface area contributed by atoms with Gasteiger partial charge in [0.15, 0.2) is 5.76 Å². The maximum Gasteiger partial charge on any atom is 0.347 e. The normalized spacial score (nSPS) is 13.9. The zero-order valence-corrected chi connectivity index (χ0v) is 16.0. The van der Waals surface area contributed by atoms with E-state index in [-0.39, 0.29) is 17.3 Å². The number of esters is 1. The number of carbonyl (C=O) groups excluding carboxylic acids is 2. The van der Waals surface area contributed by atoms with Crippen LogP contribution in [0.5, 0.6) is 17.2 Å². The number of allylic oxidation sites excluding steroid dienone is 1. The van der Waals surface area contributed by atoms with Crippen molar-refractivity contribution < 1.29 is 23.8 Å². The molecule has 0 saturated heterocycles. The molecule has 0 spiro atoms. The number of rotatable bonds is 4. The molecule has 4 rings (SSSR count). The lowest BCUT2D eigenvalue weighted by atomic mass is 10.1. The summed E-state index contributed by atoms with van der Waals surface area (Å²) in [6.45, 7) is 1.98. The quantitative estimate of drug-likeness (QED) is 0.359. The molecule has 0 saturated carbocycles. The molecule has 0 fully saturated rings. The number of fused-ring (bicyclic) bond motifs is 1. The molecule has 3 aromatic rings. The highest BCUT2D eigenvalue weighted by molar-refractivity contribution is 7.11. The predicted octanol–water partition coefficient (Wildman–Crippen LogP) is 4.90. The number of aryl methyl sites for hydroxylation is 1. The average molecular weight is 392 g/mol. The zero-order valence-electron chi connectivity index (χ0n) is 15.2. The predicted molar refractivity (Wildman–Crippen MR) is 106 cm³/mol. The third-order valence-electron chi connectivity index (χ3n) is 4.34. The monoisotopic (exact) mass is 392 g/mol. The minimum atomic E-state index is -0.549. The lowest BCUT2D eigenvalue weighted by molar-refractivity contribution is 0.0731. The van der Waals surface area contributed by atoms with Crippen LogP contribution in [0.25, 0.3) is 6.08 Å². The average Bonchev–Trinajstić information content (AvgIpc) is 3.25. The van der Waals surface area contributed by atoms with E-state index in [0.717, 1.165) is 10.4 Å². The Balaban J connectivity index is 1.57. The summed E-state index contributed by atoms with van der Waals surface area (Å²) in [5.41, 5.74) is 1.84. The molecule has 1 aromatic heterocycles. The molecule has 1 aliphatic heterocycles. The molecule has 2 aromatic carbocycles. The largest absolute Gasteiger partial charge is 0.496 e. The van der Waals surface area contributed by atoms with Crippen molar-refractivity contribution in [2.45, 2.75) is 6.92 Å². The second-order valence-corrected chi connectivity index (χ2v) is 7.10. The molecule has 0 bridgehead atoms. The summed E-state index contributed by atoms with van der Waals surface area (Å²) in [6, 6.07) is 13.5. The van der Waals surface area contributed by atoms with Crippen molar-refractivity contribution >= 4 is 29.2 Å². The maximum atomic E-state index is 12.6. The van der Waals surface area contributed by atoms with Crippen molar-refractivity contribution in [2.24, 2.45) is 0 Å². The summed E-state index contributed by atoms with van der Waals surface area (Å²) in [7, 11) is 1.49. The minimum Gasteiger partial charge on any atom is -0.496 e. The van der Waals surface area contributed by atoms with E-state index in [1.165, 1.54) is 18.4 Å². The Labute approximate surface area is 165 Å². The van der Waals surface area contributed by atoms with Crippen molar-refractivity contribution in [3.8, 4) is 17.2 Å². The standard InChI is InChI=1S/C22H16O5S/c1-13-9-10-28-20(13)12-19-21(23)15-8-7-14(11-18(15)27-19)26-22(24)16-5-3-4-6-17(16)25-2/h3-12H,1-2H3/b19-12+. The molecule has 0 N–H and O–H groups in total. The van der Waals surface area contributed by atoms with Crippen LogP contribution in [0.2, 0.25) is 0 Å². The number of ketones is 1. The Morgan fingerprint density at radius 2 is 1.96 bits per heavy atom. The summed E-state index contributed by atoms with van der Waals surface area (Å²) in [4.78, 5) is 26.0. The van der Waals surface area contributed by atoms with Gasteiger partial charge in [-0.25, -0.2) is 4.79 Å². The van der Waals surface area contributed by atoms with Gasteiger partial charge in [-0.3, -0.25) is 4.79 Å². The van der Waals surface area contributed by atoms with Crippen molar-refractivity contribution in [3.63, 3.8) is 0 Å². The van der Waals surface area contributed by atoms with Crippen LogP contribution in [-0.2, 0) is 0 Å². The number of methoxy groups -OCH3 is 1. The summed E-state index contributed by atoms with van der Waals surface area (Å²) in [5.74, 6) is 0.606. The summed E-state index contributed by atoms with van der Waals surface area (Å²) in [6.07, 6.45) is 1.74. The number of benzene rings is 2. The molecule has 140 valence electrons. The van der Waals surface area contributed by atoms with Crippen molar-refractivity contribution in [1.82, 2.24) is 0 Å². The van der Waals surface area contributed by atoms with Gasteiger partial charge in [0, 0.05) is 17.0 Å². The highest BCUT2D eigenvalue weighted by Crippen LogP contribution is 2.36. The Hall–Kier alpha value is -3.38. The Bertz CT molecular complexity index is 1110. The van der Waals surface area contributed by atoms with Crippen LogP contribution in [0, 0.1) is 6.92 Å². The fourth-order valence-corrected chi connectivity index (χ4v) is 3.71. The van der Waals surface area contributed by atoms with Crippen molar-refractivity contribution in [3.05, 3.63) is 81.2 Å². The van der Waals surface area contributed by atoms with E-state index in [9.17, 15) is 9.59 Å². The SMILES string of the molecule is COc1ccccc1C(=O)Oc1ccc2c(c1)O/C(=C/c1sccc1C)C2=O. The molecular formula is C22H16O5S. The minimum absolute atomic E-state index is 0.189. The number of carbonyl (C=O) groups is 2. The number of thiophene rings is 1. The Morgan fingerprint density at radius 3 is 2.71 bits per heavy atom. The van der Waals surface area contributed by atoms with Crippen molar-refractivity contribution in [2.75, 3.05) is 7.11 Å². The first kappa shape index (κ1) is 18.0. The molecule has 6 heteroatoms. The third kappa shape index (κ3) is 3.30. The molecule has 0 atom stereocenters. The highest BCUT2D eigenvalue weighted by Gasteiger charge is 2.28. The van der Waals surface area contributed by atoms with Crippen LogP contribution in [0.1, 0.15) is 31.2 Å². The number of hydrogen-bond donors (Lipinski definition) is 0. The van der Waals surface area contributed by atoms with E-state index in [1.54, 1.807) is 48.5 Å². The fraction of sp³-hybridized carbons (Fsp3) is 0.0909. The number of hydrogen-bond acceptors (Lipinski definition) is 6. The second kappa shape index (κ2) is 7.32. The fourth-order valence-electron chi connectivity index (χ4n) is 2.86. The first-order valence-corrected chi connectivity index (χ1v) is 9.42. The summed E-state index contributed by atoms with van der Waals surface area (Å²) in [5, 5.41) is 1.96. The van der Waals surface area contributed by atoms with Gasteiger partial charge in [0.2, 0.25) is 5.78 Å². The van der Waals surface area contributed by atoms with E-state index >= 15 is 0 Å². The van der Waals surface area contributed by atoms with Gasteiger partial charge in [0.05, 0.1) is 12.7 Å². The van der Waals surface area contributed by atoms with Crippen LogP contribution in [0.15, 0.2) is 59.7 Å². The van der Waals surface area contributed by atoms with Crippen LogP contribution in [0.3, 0.4) is 0 Å². The second-order valence-electron chi connectivity index (χ2n) is 6.16. The first-order chi connectivity index (χ1) is 13.6. The molecule has 2 heterocycles. The van der Waals surface area contributed by atoms with Crippen LogP contribution in [0.4, 0.5) is 0 Å². The first-order valence-electron chi connectivity index (χ1n) is 8.54. The zero-order chi connectivity index (χ0) is 19.7. The maximum absolute atomic E-state index is 12.6. The van der Waals surface area contributed by atoms with E-state index in [0.29, 0.717) is 22.6 Å². The van der Waals surface area contributed by atoms with Gasteiger partial charge < -0.3 is 14.2 Å². The van der Waals surface area contributed by atoms with E-state index in [4.69, 9.17) is 14.2 Å². The summed E-state index contributed by atoms with van der Waals surface area (Å²) >= 11 is 1.54. The van der Waals surface area contributed by atoms with Gasteiger partial charge in [0.25, 0.3) is 0 Å². The van der Waals surface area contributed by atoms with Gasteiger partial charge in [-0.05, 0) is 48.2 Å². The molecular weight excluding hydrogens is 376 g/mol. The summed E-state index contributed by atoms with van der Waals surface area (Å²) < 4.78 is 16.3. The molecule has 1 aliphatic rings. The number of Topliss-reactive ketones (excluding diaryl/α,β-unsaturated/α-hetero) is 1. The number of ether oxygens (including phenoxy) is 3. The van der Waals surface area contributed by atoms with Gasteiger partial charge in [0.1, 0.15) is 22.8 Å². The molecule has 0 unspecified atom stereocenters. The molecule has 28 heavy (non-hydrogen) atoms. The van der Waals surface area contributed by atoms with Gasteiger partial charge in [-0.1, -0.05) is 12.1 Å². The Kier molecular flexibility index (Phi) is 4.71. The van der Waals surface area contributed by atoms with Gasteiger partial charge in [-0.15, -0.1) is 11.3 Å². The van der Waals surface area contributed by atoms with E-state index < -0.39 is 5.97 Å². The van der Waals surface area contributed by atoms with Gasteiger partial charge >= 0.3 is 5.97 Å². The third-order valence-corrected chi connectivity index (χ3v) is 5.31. The van der Waals surface area contributed by atoms with Crippen molar-refractivity contribution in [1.29, 1.82) is 0 Å². The molecule has 5 nitrogen and oxygen atoms in total. The van der Waals surface area contributed by atoms with Crippen LogP contribution >= 0.6 is 11.3 Å². The molecule has 0 amide bonds. The smallest absolute Gasteiger partial charge is 0.347 e. The topological polar surface area (TPSA) is 61.8 Å². The van der Waals surface area contributed by atoms with Crippen LogP contribution < -0.4 is 14.2 Å². The highest BCUT2D eigenvalue weighted by atomic mass is 32.1. The lowest BCUT2D eigenvalue weighted by Crippen LogP contribution is -2.10. The van der Waals surface area contributed by atoms with E-state index in [2.05, 4.69) is 0 Å². The lowest BCUT2D eigenvalue weighted by Gasteiger charge is -2.08. The van der Waals surface area contributed by atoms with Gasteiger partial charge in [-0.2, -0.15) is 0 Å². The number of para-hydroxylation sites is 1. The van der Waals surface area contributed by atoms with E-state index in [1.807, 2.05) is 18.4 Å².